The van der Waals surface area contributed by atoms with Gasteiger partial charge in [-0.1, -0.05) is 0 Å². The minimum atomic E-state index is -0.122. The molecule has 0 spiro atoms. The number of benzene rings is 2. The highest BCUT2D eigenvalue weighted by Crippen LogP contribution is 2.23. The third kappa shape index (κ3) is 5.98. The zero-order valence-corrected chi connectivity index (χ0v) is 18.0. The lowest BCUT2D eigenvalue weighted by atomic mass is 10.1. The van der Waals surface area contributed by atoms with Gasteiger partial charge in [-0.05, 0) is 68.8 Å². The van der Waals surface area contributed by atoms with Gasteiger partial charge < -0.3 is 19.9 Å². The van der Waals surface area contributed by atoms with E-state index in [4.69, 9.17) is 4.74 Å². The van der Waals surface area contributed by atoms with Crippen molar-refractivity contribution in [3.63, 3.8) is 0 Å². The lowest BCUT2D eigenvalue weighted by molar-refractivity contribution is -0.117. The smallest absolute Gasteiger partial charge is 0.226 e. The Hall–Kier alpha value is -3.02. The van der Waals surface area contributed by atoms with Gasteiger partial charge in [-0.15, -0.1) is 0 Å². The fraction of sp³-hybridized carbons (Fsp3) is 0.391. The highest BCUT2D eigenvalue weighted by molar-refractivity contribution is 5.95. The molecule has 0 radical (unpaired) electrons. The predicted molar refractivity (Wildman–Crippen MR) is 119 cm³/mol. The standard InChI is InChI=1S/C23H31N3O3/c1-6-25(7-2)20-10-13-22(17(3)16-20)24-23(28)14-15-26(18(4)27)19-8-11-21(29-5)12-9-19/h8-13,16H,6-7,14-15H2,1-5H3,(H,24,28). The van der Waals surface area contributed by atoms with E-state index in [2.05, 4.69) is 30.1 Å². The van der Waals surface area contributed by atoms with E-state index in [-0.39, 0.29) is 18.2 Å². The van der Waals surface area contributed by atoms with Crippen LogP contribution in [0.4, 0.5) is 17.1 Å². The molecule has 0 heterocycles. The van der Waals surface area contributed by atoms with E-state index in [0.29, 0.717) is 6.54 Å². The summed E-state index contributed by atoms with van der Waals surface area (Å²) < 4.78 is 5.15. The van der Waals surface area contributed by atoms with E-state index in [0.717, 1.165) is 41.5 Å². The van der Waals surface area contributed by atoms with Gasteiger partial charge in [0.05, 0.1) is 7.11 Å². The van der Waals surface area contributed by atoms with Crippen LogP contribution in [0.1, 0.15) is 32.8 Å². The van der Waals surface area contributed by atoms with Crippen LogP contribution in [0.25, 0.3) is 0 Å². The van der Waals surface area contributed by atoms with Crippen LogP contribution in [-0.4, -0.2) is 38.6 Å². The number of carbonyl (C=O) groups is 2. The van der Waals surface area contributed by atoms with Crippen molar-refractivity contribution in [1.29, 1.82) is 0 Å². The van der Waals surface area contributed by atoms with Crippen LogP contribution >= 0.6 is 0 Å². The molecule has 6 heteroatoms. The molecule has 0 aliphatic heterocycles. The van der Waals surface area contributed by atoms with E-state index in [1.807, 2.05) is 31.2 Å². The van der Waals surface area contributed by atoms with Crippen LogP contribution in [0.2, 0.25) is 0 Å². The summed E-state index contributed by atoms with van der Waals surface area (Å²) in [7, 11) is 1.60. The number of hydrogen-bond acceptors (Lipinski definition) is 4. The van der Waals surface area contributed by atoms with E-state index in [1.54, 1.807) is 24.1 Å². The van der Waals surface area contributed by atoms with Crippen LogP contribution in [0.15, 0.2) is 42.5 Å². The summed E-state index contributed by atoms with van der Waals surface area (Å²) in [5.41, 5.74) is 3.70. The van der Waals surface area contributed by atoms with Gasteiger partial charge >= 0.3 is 0 Å². The number of rotatable bonds is 9. The normalized spacial score (nSPS) is 10.4. The molecule has 156 valence electrons. The van der Waals surface area contributed by atoms with Crippen LogP contribution in [0.3, 0.4) is 0 Å². The topological polar surface area (TPSA) is 61.9 Å². The highest BCUT2D eigenvalue weighted by Gasteiger charge is 2.14. The molecule has 0 fully saturated rings. The Labute approximate surface area is 173 Å². The minimum absolute atomic E-state index is 0.109. The molecule has 29 heavy (non-hydrogen) atoms. The first-order valence-corrected chi connectivity index (χ1v) is 9.97. The van der Waals surface area contributed by atoms with Crippen LogP contribution in [0, 0.1) is 6.92 Å². The summed E-state index contributed by atoms with van der Waals surface area (Å²) in [4.78, 5) is 28.4. The zero-order valence-electron chi connectivity index (χ0n) is 18.0. The second kappa shape index (κ2) is 10.5. The number of nitrogens with one attached hydrogen (secondary N) is 1. The minimum Gasteiger partial charge on any atom is -0.497 e. The van der Waals surface area contributed by atoms with Gasteiger partial charge in [0.25, 0.3) is 0 Å². The first-order valence-electron chi connectivity index (χ1n) is 9.97. The molecule has 0 saturated carbocycles. The predicted octanol–water partition coefficient (Wildman–Crippen LogP) is 4.23. The third-order valence-corrected chi connectivity index (χ3v) is 4.94. The summed E-state index contributed by atoms with van der Waals surface area (Å²) >= 11 is 0. The zero-order chi connectivity index (χ0) is 21.4. The maximum absolute atomic E-state index is 12.5. The summed E-state index contributed by atoms with van der Waals surface area (Å²) in [5, 5.41) is 2.96. The van der Waals surface area contributed by atoms with Gasteiger partial charge in [0.15, 0.2) is 0 Å². The first kappa shape index (κ1) is 22.3. The monoisotopic (exact) mass is 397 g/mol. The van der Waals surface area contributed by atoms with Crippen LogP contribution in [0.5, 0.6) is 5.75 Å². The quantitative estimate of drug-likeness (QED) is 0.688. The number of anilines is 3. The Kier molecular flexibility index (Phi) is 8.07. The SMILES string of the molecule is CCN(CC)c1ccc(NC(=O)CCN(C(C)=O)c2ccc(OC)cc2)c(C)c1. The van der Waals surface area contributed by atoms with Gasteiger partial charge in [0.1, 0.15) is 5.75 Å². The number of aryl methyl sites for hydroxylation is 1. The van der Waals surface area contributed by atoms with Crippen molar-refractivity contribution in [2.24, 2.45) is 0 Å². The largest absolute Gasteiger partial charge is 0.497 e. The fourth-order valence-corrected chi connectivity index (χ4v) is 3.23. The Morgan fingerprint density at radius 2 is 1.62 bits per heavy atom. The Morgan fingerprint density at radius 3 is 2.14 bits per heavy atom. The first-order chi connectivity index (χ1) is 13.9. The molecule has 0 unspecified atom stereocenters. The average Bonchev–Trinajstić information content (AvgIpc) is 2.71. The van der Waals surface area contributed by atoms with Crippen molar-refractivity contribution in [2.75, 3.05) is 41.9 Å². The van der Waals surface area contributed by atoms with Crippen molar-refractivity contribution < 1.29 is 14.3 Å². The maximum Gasteiger partial charge on any atom is 0.226 e. The number of hydrogen-bond donors (Lipinski definition) is 1. The highest BCUT2D eigenvalue weighted by atomic mass is 16.5. The van der Waals surface area contributed by atoms with Gasteiger partial charge in [-0.3, -0.25) is 9.59 Å². The average molecular weight is 398 g/mol. The van der Waals surface area contributed by atoms with Gasteiger partial charge in [0, 0.05) is 50.0 Å². The van der Waals surface area contributed by atoms with Crippen LogP contribution < -0.4 is 19.9 Å². The molecule has 1 N–H and O–H groups in total. The molecule has 2 aromatic rings. The second-order valence-corrected chi connectivity index (χ2v) is 6.84. The second-order valence-electron chi connectivity index (χ2n) is 6.84. The summed E-state index contributed by atoms with van der Waals surface area (Å²) in [5.74, 6) is 0.491. The molecule has 0 atom stereocenters. The van der Waals surface area contributed by atoms with Crippen molar-refractivity contribution in [3.05, 3.63) is 48.0 Å². The third-order valence-electron chi connectivity index (χ3n) is 4.94. The molecule has 2 aromatic carbocycles. The Bertz CT molecular complexity index is 830. The molecule has 0 aliphatic rings. The van der Waals surface area contributed by atoms with Gasteiger partial charge in [-0.25, -0.2) is 0 Å². The van der Waals surface area contributed by atoms with E-state index in [9.17, 15) is 9.59 Å². The summed E-state index contributed by atoms with van der Waals surface area (Å²) in [6.07, 6.45) is 0.211. The van der Waals surface area contributed by atoms with Crippen molar-refractivity contribution in [3.8, 4) is 5.75 Å². The number of carbonyl (C=O) groups excluding carboxylic acids is 2. The van der Waals surface area contributed by atoms with Gasteiger partial charge in [0.2, 0.25) is 11.8 Å². The fourth-order valence-electron chi connectivity index (χ4n) is 3.23. The Morgan fingerprint density at radius 1 is 1.00 bits per heavy atom. The molecular formula is C23H31N3O3. The molecule has 0 bridgehead atoms. The molecule has 2 amide bonds. The molecule has 6 nitrogen and oxygen atoms in total. The molecule has 0 saturated heterocycles. The Balaban J connectivity index is 2.01. The molecule has 0 aromatic heterocycles. The molecular weight excluding hydrogens is 366 g/mol. The lowest BCUT2D eigenvalue weighted by Gasteiger charge is -2.23. The number of nitrogens with zero attached hydrogens (tertiary/aromatic N) is 2. The van der Waals surface area contributed by atoms with E-state index < -0.39 is 0 Å². The summed E-state index contributed by atoms with van der Waals surface area (Å²) in [6.45, 7) is 9.92. The van der Waals surface area contributed by atoms with Gasteiger partial charge in [-0.2, -0.15) is 0 Å². The van der Waals surface area contributed by atoms with E-state index >= 15 is 0 Å². The number of ether oxygens (including phenoxy) is 1. The molecule has 0 aliphatic carbocycles. The van der Waals surface area contributed by atoms with Crippen molar-refractivity contribution in [2.45, 2.75) is 34.1 Å². The van der Waals surface area contributed by atoms with E-state index in [1.165, 1.54) is 6.92 Å². The summed E-state index contributed by atoms with van der Waals surface area (Å²) in [6, 6.07) is 13.3. The lowest BCUT2D eigenvalue weighted by Crippen LogP contribution is -2.32. The number of methoxy groups -OCH3 is 1. The van der Waals surface area contributed by atoms with Crippen molar-refractivity contribution >= 4 is 28.9 Å². The number of amides is 2. The van der Waals surface area contributed by atoms with Crippen LogP contribution in [-0.2, 0) is 9.59 Å². The maximum atomic E-state index is 12.5. The van der Waals surface area contributed by atoms with Crippen molar-refractivity contribution in [1.82, 2.24) is 0 Å². The molecule has 2 rings (SSSR count).